The fourth-order valence-corrected chi connectivity index (χ4v) is 3.06. The Labute approximate surface area is 176 Å². The van der Waals surface area contributed by atoms with E-state index in [0.717, 1.165) is 57.5 Å². The molecule has 0 atom stereocenters. The average Bonchev–Trinajstić information content (AvgIpc) is 2.72. The largest absolute Gasteiger partial charge is 0.417 e. The molecule has 1 saturated heterocycles. The van der Waals surface area contributed by atoms with E-state index in [1.807, 2.05) is 6.92 Å². The third-order valence-corrected chi connectivity index (χ3v) is 4.88. The minimum Gasteiger partial charge on any atom is -0.379 e. The number of alkyl halides is 3. The van der Waals surface area contributed by atoms with E-state index in [4.69, 9.17) is 9.73 Å². The number of pyridine rings is 1. The number of hydrogen-bond donors (Lipinski definition) is 3. The van der Waals surface area contributed by atoms with Gasteiger partial charge in [-0.3, -0.25) is 9.89 Å². The molecule has 0 radical (unpaired) electrons. The zero-order valence-corrected chi connectivity index (χ0v) is 18.0. The van der Waals surface area contributed by atoms with Crippen LogP contribution in [0.4, 0.5) is 19.0 Å². The van der Waals surface area contributed by atoms with Crippen LogP contribution in [0.15, 0.2) is 23.3 Å². The molecule has 0 saturated carbocycles. The summed E-state index contributed by atoms with van der Waals surface area (Å²) < 4.78 is 43.1. The van der Waals surface area contributed by atoms with Gasteiger partial charge in [0, 0.05) is 44.5 Å². The van der Waals surface area contributed by atoms with Crippen LogP contribution < -0.4 is 16.0 Å². The van der Waals surface area contributed by atoms with Gasteiger partial charge in [0.2, 0.25) is 0 Å². The first-order chi connectivity index (χ1) is 14.2. The summed E-state index contributed by atoms with van der Waals surface area (Å²) >= 11 is 0. The number of aliphatic imine (C=N–C) groups is 1. The molecule has 1 fully saturated rings. The summed E-state index contributed by atoms with van der Waals surface area (Å²) in [5, 5.41) is 9.57. The first kappa shape index (κ1) is 24.2. The molecule has 1 aromatic rings. The Morgan fingerprint density at radius 1 is 1.17 bits per heavy atom. The highest BCUT2D eigenvalue weighted by Crippen LogP contribution is 2.28. The van der Waals surface area contributed by atoms with E-state index in [2.05, 4.69) is 39.7 Å². The fraction of sp³-hybridized carbons (Fsp3) is 0.700. The Hall–Kier alpha value is -2.07. The van der Waals surface area contributed by atoms with Gasteiger partial charge >= 0.3 is 6.18 Å². The van der Waals surface area contributed by atoms with Crippen molar-refractivity contribution in [3.63, 3.8) is 0 Å². The van der Waals surface area contributed by atoms with E-state index in [9.17, 15) is 13.2 Å². The Morgan fingerprint density at radius 3 is 2.50 bits per heavy atom. The van der Waals surface area contributed by atoms with Crippen LogP contribution in [0.1, 0.15) is 32.8 Å². The average molecular weight is 431 g/mol. The zero-order chi connectivity index (χ0) is 22.0. The van der Waals surface area contributed by atoms with Gasteiger partial charge in [-0.25, -0.2) is 4.98 Å². The van der Waals surface area contributed by atoms with E-state index in [-0.39, 0.29) is 5.54 Å². The van der Waals surface area contributed by atoms with Gasteiger partial charge in [0.15, 0.2) is 5.96 Å². The van der Waals surface area contributed by atoms with Crippen molar-refractivity contribution in [2.45, 2.75) is 38.9 Å². The number of aromatic nitrogens is 1. The number of nitrogens with one attached hydrogen (secondary N) is 3. The highest BCUT2D eigenvalue weighted by molar-refractivity contribution is 5.79. The van der Waals surface area contributed by atoms with Gasteiger partial charge in [-0.05, 0) is 39.3 Å². The first-order valence-electron chi connectivity index (χ1n) is 10.3. The molecule has 7 nitrogen and oxygen atoms in total. The van der Waals surface area contributed by atoms with Crippen molar-refractivity contribution in [2.24, 2.45) is 4.99 Å². The summed E-state index contributed by atoms with van der Waals surface area (Å²) in [7, 11) is 0. The molecule has 0 aliphatic carbocycles. The van der Waals surface area contributed by atoms with Crippen LogP contribution in [0, 0.1) is 0 Å². The smallest absolute Gasteiger partial charge is 0.379 e. The number of guanidine groups is 1. The number of morpholine rings is 1. The van der Waals surface area contributed by atoms with E-state index in [0.29, 0.717) is 25.5 Å². The van der Waals surface area contributed by atoms with Crippen LogP contribution in [-0.4, -0.2) is 73.9 Å². The van der Waals surface area contributed by atoms with Gasteiger partial charge in [-0.1, -0.05) is 0 Å². The lowest BCUT2D eigenvalue weighted by Gasteiger charge is -2.39. The summed E-state index contributed by atoms with van der Waals surface area (Å²) in [6.45, 7) is 12.4. The first-order valence-corrected chi connectivity index (χ1v) is 10.3. The van der Waals surface area contributed by atoms with Gasteiger partial charge in [-0.2, -0.15) is 13.2 Å². The molecule has 170 valence electrons. The fourth-order valence-electron chi connectivity index (χ4n) is 3.06. The standard InChI is InChI=1S/C20H33F3N6O/c1-4-24-18(28-15-19(2,3)29-10-12-30-13-11-29)26-9-5-8-25-17-7-6-16(14-27-17)20(21,22)23/h6-7,14H,4-5,8-13,15H2,1-3H3,(H,25,27)(H2,24,26,28). The molecule has 1 aliphatic heterocycles. The summed E-state index contributed by atoms with van der Waals surface area (Å²) in [6.07, 6.45) is -2.76. The van der Waals surface area contributed by atoms with Crippen molar-refractivity contribution < 1.29 is 17.9 Å². The summed E-state index contributed by atoms with van der Waals surface area (Å²) in [4.78, 5) is 10.9. The molecule has 1 aromatic heterocycles. The molecule has 30 heavy (non-hydrogen) atoms. The van der Waals surface area contributed by atoms with Crippen molar-refractivity contribution in [3.05, 3.63) is 23.9 Å². The molecule has 1 aliphatic rings. The number of nitrogens with zero attached hydrogens (tertiary/aromatic N) is 3. The highest BCUT2D eigenvalue weighted by Gasteiger charge is 2.30. The molecule has 2 heterocycles. The molecule has 2 rings (SSSR count). The lowest BCUT2D eigenvalue weighted by atomic mass is 10.0. The predicted molar refractivity (Wildman–Crippen MR) is 113 cm³/mol. The maximum absolute atomic E-state index is 12.6. The van der Waals surface area contributed by atoms with Crippen molar-refractivity contribution in [1.29, 1.82) is 0 Å². The van der Waals surface area contributed by atoms with Crippen molar-refractivity contribution in [1.82, 2.24) is 20.5 Å². The maximum Gasteiger partial charge on any atom is 0.417 e. The quantitative estimate of drug-likeness (QED) is 0.318. The molecule has 0 bridgehead atoms. The zero-order valence-electron chi connectivity index (χ0n) is 18.0. The second kappa shape index (κ2) is 11.4. The number of ether oxygens (including phenoxy) is 1. The molecule has 3 N–H and O–H groups in total. The number of rotatable bonds is 9. The third-order valence-electron chi connectivity index (χ3n) is 4.88. The molecule has 10 heteroatoms. The Bertz CT molecular complexity index is 658. The maximum atomic E-state index is 12.6. The Morgan fingerprint density at radius 2 is 1.90 bits per heavy atom. The van der Waals surface area contributed by atoms with E-state index >= 15 is 0 Å². The molecular weight excluding hydrogens is 397 g/mol. The van der Waals surface area contributed by atoms with Gasteiger partial charge in [0.05, 0.1) is 25.3 Å². The van der Waals surface area contributed by atoms with Gasteiger partial charge < -0.3 is 20.7 Å². The molecule has 0 amide bonds. The number of halogens is 3. The van der Waals surface area contributed by atoms with Crippen LogP contribution in [0.2, 0.25) is 0 Å². The van der Waals surface area contributed by atoms with Crippen LogP contribution in [-0.2, 0) is 10.9 Å². The molecule has 0 aromatic carbocycles. The van der Waals surface area contributed by atoms with Crippen LogP contribution in [0.3, 0.4) is 0 Å². The third kappa shape index (κ3) is 7.98. The van der Waals surface area contributed by atoms with Gasteiger partial charge in [0.25, 0.3) is 0 Å². The van der Waals surface area contributed by atoms with E-state index < -0.39 is 11.7 Å². The van der Waals surface area contributed by atoms with E-state index in [1.165, 1.54) is 6.07 Å². The highest BCUT2D eigenvalue weighted by atomic mass is 19.4. The topological polar surface area (TPSA) is 73.8 Å². The predicted octanol–water partition coefficient (Wildman–Crippen LogP) is 2.57. The number of anilines is 1. The van der Waals surface area contributed by atoms with E-state index in [1.54, 1.807) is 0 Å². The second-order valence-corrected chi connectivity index (χ2v) is 7.74. The monoisotopic (exact) mass is 430 g/mol. The molecule has 0 spiro atoms. The minimum absolute atomic E-state index is 0.0536. The van der Waals surface area contributed by atoms with Gasteiger partial charge in [0.1, 0.15) is 5.82 Å². The second-order valence-electron chi connectivity index (χ2n) is 7.74. The number of hydrogen-bond acceptors (Lipinski definition) is 5. The van der Waals surface area contributed by atoms with Crippen molar-refractivity contribution >= 4 is 11.8 Å². The van der Waals surface area contributed by atoms with Crippen LogP contribution in [0.5, 0.6) is 0 Å². The lowest BCUT2D eigenvalue weighted by Crippen LogP contribution is -2.52. The summed E-state index contributed by atoms with van der Waals surface area (Å²) in [6, 6.07) is 2.37. The lowest BCUT2D eigenvalue weighted by molar-refractivity contribution is -0.137. The van der Waals surface area contributed by atoms with Crippen LogP contribution >= 0.6 is 0 Å². The normalized spacial score (nSPS) is 16.4. The SMILES string of the molecule is CCNC(=NCC(C)(C)N1CCOCC1)NCCCNc1ccc(C(F)(F)F)cn1. The summed E-state index contributed by atoms with van der Waals surface area (Å²) in [5.74, 6) is 1.18. The minimum atomic E-state index is -4.37. The molecular formula is C20H33F3N6O. The Kier molecular flexibility index (Phi) is 9.16. The van der Waals surface area contributed by atoms with Crippen LogP contribution in [0.25, 0.3) is 0 Å². The Balaban J connectivity index is 1.74. The molecule has 0 unspecified atom stereocenters. The van der Waals surface area contributed by atoms with Crippen molar-refractivity contribution in [3.8, 4) is 0 Å². The summed E-state index contributed by atoms with van der Waals surface area (Å²) in [5.41, 5.74) is -0.803. The van der Waals surface area contributed by atoms with Gasteiger partial charge in [-0.15, -0.1) is 0 Å². The van der Waals surface area contributed by atoms with Crippen molar-refractivity contribution in [2.75, 3.05) is 57.8 Å².